The minimum absolute atomic E-state index is 0.0820. The number of hydrogen-bond acceptors (Lipinski definition) is 5. The summed E-state index contributed by atoms with van der Waals surface area (Å²) in [6, 6.07) is 0. The highest BCUT2D eigenvalue weighted by molar-refractivity contribution is 5.70. The van der Waals surface area contributed by atoms with E-state index in [2.05, 4.69) is 196 Å². The van der Waals surface area contributed by atoms with Crippen molar-refractivity contribution in [3.63, 3.8) is 0 Å². The molecule has 0 spiro atoms. The Morgan fingerprint density at radius 2 is 0.465 bits per heavy atom. The van der Waals surface area contributed by atoms with Gasteiger partial charge in [0.1, 0.15) is 6.61 Å². The Labute approximate surface area is 531 Å². The number of ether oxygens (including phenoxy) is 2. The smallest absolute Gasteiger partial charge is 0.306 e. The molecule has 1 atom stereocenters. The van der Waals surface area contributed by atoms with Gasteiger partial charge in [0.2, 0.25) is 0 Å². The van der Waals surface area contributed by atoms with Crippen molar-refractivity contribution >= 4 is 11.9 Å². The SMILES string of the molecule is CC/C=C\C/C=C\C/C=C\C/C=C\C/C=C\C/C=C\C/C=C\C/C=C\C/C=C\C/C=C\C/C=C\CCCCCCCC(=O)OC(CO)COC(=O)CCCCCCCCCCCCCCCCCCCCCC/C=C\C/C=C\C/C=C\C/C=C\CC. The topological polar surface area (TPSA) is 72.8 Å². The molecule has 0 saturated heterocycles. The van der Waals surface area contributed by atoms with Crippen molar-refractivity contribution in [2.75, 3.05) is 13.2 Å². The fourth-order valence-electron chi connectivity index (χ4n) is 9.49. The van der Waals surface area contributed by atoms with Crippen LogP contribution in [-0.4, -0.2) is 36.4 Å². The molecule has 86 heavy (non-hydrogen) atoms. The molecule has 0 aromatic carbocycles. The Balaban J connectivity index is 3.58. The third kappa shape index (κ3) is 71.5. The van der Waals surface area contributed by atoms with E-state index < -0.39 is 6.10 Å². The Morgan fingerprint density at radius 1 is 0.267 bits per heavy atom. The van der Waals surface area contributed by atoms with Crippen LogP contribution in [0, 0.1) is 0 Å². The van der Waals surface area contributed by atoms with Gasteiger partial charge in [-0.3, -0.25) is 9.59 Å². The number of hydrogen-bond donors (Lipinski definition) is 1. The van der Waals surface area contributed by atoms with Gasteiger partial charge >= 0.3 is 11.9 Å². The van der Waals surface area contributed by atoms with Crippen molar-refractivity contribution in [1.82, 2.24) is 0 Å². The summed E-state index contributed by atoms with van der Waals surface area (Å²) >= 11 is 0. The van der Waals surface area contributed by atoms with E-state index in [1.54, 1.807) is 0 Å². The van der Waals surface area contributed by atoms with Crippen molar-refractivity contribution in [2.24, 2.45) is 0 Å². The van der Waals surface area contributed by atoms with E-state index in [1.807, 2.05) is 0 Å². The molecule has 5 nitrogen and oxygen atoms in total. The molecule has 0 aliphatic carbocycles. The first-order valence-electron chi connectivity index (χ1n) is 35.3. The molecule has 0 heterocycles. The second-order valence-electron chi connectivity index (χ2n) is 22.8. The van der Waals surface area contributed by atoms with Gasteiger partial charge in [0, 0.05) is 12.8 Å². The van der Waals surface area contributed by atoms with E-state index in [0.717, 1.165) is 154 Å². The second-order valence-corrected chi connectivity index (χ2v) is 22.8. The molecule has 484 valence electrons. The lowest BCUT2D eigenvalue weighted by Crippen LogP contribution is -2.28. The van der Waals surface area contributed by atoms with Gasteiger partial charge in [-0.05, 0) is 135 Å². The Hall–Kier alpha value is -5.00. The van der Waals surface area contributed by atoms with Gasteiger partial charge in [0.15, 0.2) is 6.10 Å². The molecule has 1 unspecified atom stereocenters. The summed E-state index contributed by atoms with van der Waals surface area (Å²) in [6.07, 6.45) is 116. The van der Waals surface area contributed by atoms with Crippen LogP contribution < -0.4 is 0 Å². The molecule has 0 aliphatic heterocycles. The van der Waals surface area contributed by atoms with Crippen molar-refractivity contribution in [2.45, 2.75) is 302 Å². The fourth-order valence-corrected chi connectivity index (χ4v) is 9.49. The highest BCUT2D eigenvalue weighted by Crippen LogP contribution is 2.17. The maximum atomic E-state index is 12.4. The number of esters is 2. The van der Waals surface area contributed by atoms with Crippen LogP contribution in [0.3, 0.4) is 0 Å². The first kappa shape index (κ1) is 81.0. The van der Waals surface area contributed by atoms with Crippen molar-refractivity contribution < 1.29 is 24.2 Å². The van der Waals surface area contributed by atoms with Gasteiger partial charge < -0.3 is 14.6 Å². The molecule has 0 aromatic rings. The van der Waals surface area contributed by atoms with Gasteiger partial charge in [-0.25, -0.2) is 0 Å². The number of carbonyl (C=O) groups is 2. The third-order valence-corrected chi connectivity index (χ3v) is 14.7. The molecule has 0 saturated carbocycles. The average Bonchev–Trinajstić information content (AvgIpc) is 3.55. The van der Waals surface area contributed by atoms with Crippen LogP contribution in [0.1, 0.15) is 296 Å². The van der Waals surface area contributed by atoms with Crippen LogP contribution in [0.2, 0.25) is 0 Å². The van der Waals surface area contributed by atoms with Gasteiger partial charge in [-0.2, -0.15) is 0 Å². The summed E-state index contributed by atoms with van der Waals surface area (Å²) in [6.45, 7) is 3.91. The Kier molecular flexibility index (Phi) is 69.9. The summed E-state index contributed by atoms with van der Waals surface area (Å²) in [4.78, 5) is 24.7. The lowest BCUT2D eigenvalue weighted by Gasteiger charge is -2.15. The predicted molar refractivity (Wildman–Crippen MR) is 380 cm³/mol. The van der Waals surface area contributed by atoms with E-state index in [9.17, 15) is 14.7 Å². The van der Waals surface area contributed by atoms with Gasteiger partial charge in [-0.15, -0.1) is 0 Å². The highest BCUT2D eigenvalue weighted by Gasteiger charge is 2.16. The quantitative estimate of drug-likeness (QED) is 0.0373. The monoisotopic (exact) mass is 1180 g/mol. The Bertz CT molecular complexity index is 1920. The molecule has 0 radical (unpaired) electrons. The predicted octanol–water partition coefficient (Wildman–Crippen LogP) is 25.0. The average molecular weight is 1180 g/mol. The minimum Gasteiger partial charge on any atom is -0.462 e. The second kappa shape index (κ2) is 74.3. The van der Waals surface area contributed by atoms with Crippen molar-refractivity contribution in [1.29, 1.82) is 0 Å². The third-order valence-electron chi connectivity index (χ3n) is 14.7. The zero-order chi connectivity index (χ0) is 61.9. The van der Waals surface area contributed by atoms with Gasteiger partial charge in [0.05, 0.1) is 6.61 Å². The maximum Gasteiger partial charge on any atom is 0.306 e. The summed E-state index contributed by atoms with van der Waals surface area (Å²) in [5, 5.41) is 9.70. The van der Waals surface area contributed by atoms with E-state index >= 15 is 0 Å². The van der Waals surface area contributed by atoms with E-state index in [0.29, 0.717) is 12.8 Å². The number of aliphatic hydroxyl groups excluding tert-OH is 1. The molecule has 0 bridgehead atoms. The molecule has 0 aliphatic rings. The van der Waals surface area contributed by atoms with E-state index in [4.69, 9.17) is 9.47 Å². The standard InChI is InChI=1S/C81H130O5/c1-3-5-7-9-11-13-15-17-19-21-23-25-27-29-31-33-35-37-38-39-40-41-42-44-46-48-50-52-54-56-58-60-62-64-66-68-70-72-74-76-81(84)86-79(77-82)78-85-80(83)75-73-71-69-67-65-63-61-59-57-55-53-51-49-47-45-43-36-34-32-30-28-26-24-22-20-18-16-14-12-10-8-6-4-2/h5-8,11-14,17-20,23-26,29,31,35,37,39-40,42,44,48,50,54,56,60,62,79,82H,3-4,9-10,15-16,21-22,27-28,30,32-34,36,38,41,43,45-47,49,51-53,55,57-59,61,63-78H2,1-2H3/b7-5-,8-6-,13-11-,14-12-,19-17-,20-18-,25-23-,26-24-,31-29-,37-35-,40-39-,44-42-,50-48-,56-54-,62-60-. The molecule has 0 fully saturated rings. The Morgan fingerprint density at radius 3 is 0.698 bits per heavy atom. The lowest BCUT2D eigenvalue weighted by atomic mass is 10.0. The zero-order valence-electron chi connectivity index (χ0n) is 55.5. The molecular formula is C81H130O5. The van der Waals surface area contributed by atoms with Gasteiger partial charge in [0.25, 0.3) is 0 Å². The van der Waals surface area contributed by atoms with Crippen LogP contribution in [0.15, 0.2) is 182 Å². The lowest BCUT2D eigenvalue weighted by molar-refractivity contribution is -0.161. The van der Waals surface area contributed by atoms with Crippen LogP contribution in [0.5, 0.6) is 0 Å². The van der Waals surface area contributed by atoms with Crippen molar-refractivity contribution in [3.8, 4) is 0 Å². The van der Waals surface area contributed by atoms with E-state index in [-0.39, 0.29) is 25.2 Å². The molecule has 1 N–H and O–H groups in total. The fraction of sp³-hybridized carbons (Fsp3) is 0.605. The molecule has 5 heteroatoms. The van der Waals surface area contributed by atoms with E-state index in [1.165, 1.54) is 116 Å². The maximum absolute atomic E-state index is 12.4. The first-order valence-corrected chi connectivity index (χ1v) is 35.3. The van der Waals surface area contributed by atoms with Crippen LogP contribution in [-0.2, 0) is 19.1 Å². The molecule has 0 aromatic heterocycles. The first-order chi connectivity index (χ1) is 42.6. The number of rotatable bonds is 63. The molecule has 0 amide bonds. The van der Waals surface area contributed by atoms with Crippen molar-refractivity contribution in [3.05, 3.63) is 182 Å². The van der Waals surface area contributed by atoms with Crippen LogP contribution in [0.4, 0.5) is 0 Å². The number of aliphatic hydroxyl groups is 1. The largest absolute Gasteiger partial charge is 0.462 e. The number of allylic oxidation sites excluding steroid dienone is 30. The zero-order valence-corrected chi connectivity index (χ0v) is 55.5. The highest BCUT2D eigenvalue weighted by atomic mass is 16.6. The normalized spacial score (nSPS) is 13.4. The van der Waals surface area contributed by atoms with Gasteiger partial charge in [-0.1, -0.05) is 331 Å². The summed E-state index contributed by atoms with van der Waals surface area (Å²) in [7, 11) is 0. The minimum atomic E-state index is -0.796. The summed E-state index contributed by atoms with van der Waals surface area (Å²) in [5.74, 6) is -0.615. The van der Waals surface area contributed by atoms with Crippen LogP contribution in [0.25, 0.3) is 0 Å². The summed E-state index contributed by atoms with van der Waals surface area (Å²) in [5.41, 5.74) is 0. The van der Waals surface area contributed by atoms with Crippen LogP contribution >= 0.6 is 0 Å². The molecular weight excluding hydrogens is 1050 g/mol. The molecule has 0 rings (SSSR count). The summed E-state index contributed by atoms with van der Waals surface area (Å²) < 4.78 is 10.7. The number of unbranched alkanes of at least 4 members (excludes halogenated alkanes) is 25. The number of carbonyl (C=O) groups excluding carboxylic acids is 2.